The number of nitrogens with one attached hydrogen (secondary N) is 1. The monoisotopic (exact) mass is 377 g/mol. The van der Waals surface area contributed by atoms with Crippen LogP contribution in [-0.2, 0) is 21.4 Å². The molecule has 2 unspecified atom stereocenters. The molecular weight excluding hydrogens is 354 g/mol. The molecule has 0 aromatic carbocycles. The van der Waals surface area contributed by atoms with Gasteiger partial charge in [-0.2, -0.15) is 0 Å². The highest BCUT2D eigenvalue weighted by Gasteiger charge is 2.26. The minimum Gasteiger partial charge on any atom is -0.467 e. The van der Waals surface area contributed by atoms with Crippen molar-refractivity contribution in [2.45, 2.75) is 31.5 Å². The van der Waals surface area contributed by atoms with Crippen LogP contribution in [0.15, 0.2) is 29.7 Å². The SMILES string of the molecule is CCC(C)C(NC(=O)CSc1nnc(-c2cccnc2)n1C)C(=O)OC. The lowest BCUT2D eigenvalue weighted by Gasteiger charge is -2.21. The topological polar surface area (TPSA) is 99.0 Å². The first-order valence-corrected chi connectivity index (χ1v) is 9.26. The van der Waals surface area contributed by atoms with Crippen molar-refractivity contribution in [2.24, 2.45) is 13.0 Å². The zero-order valence-corrected chi connectivity index (χ0v) is 16.1. The summed E-state index contributed by atoms with van der Waals surface area (Å²) in [5.41, 5.74) is 0.848. The number of esters is 1. The van der Waals surface area contributed by atoms with Crippen LogP contribution in [0.5, 0.6) is 0 Å². The predicted molar refractivity (Wildman–Crippen MR) is 98.4 cm³/mol. The minimum absolute atomic E-state index is 0.0107. The molecule has 0 saturated heterocycles. The van der Waals surface area contributed by atoms with Crippen molar-refractivity contribution < 1.29 is 14.3 Å². The van der Waals surface area contributed by atoms with E-state index < -0.39 is 12.0 Å². The van der Waals surface area contributed by atoms with Crippen molar-refractivity contribution in [3.8, 4) is 11.4 Å². The van der Waals surface area contributed by atoms with Crippen LogP contribution >= 0.6 is 11.8 Å². The van der Waals surface area contributed by atoms with Crippen LogP contribution in [0.25, 0.3) is 11.4 Å². The number of carbonyl (C=O) groups is 2. The van der Waals surface area contributed by atoms with Crippen molar-refractivity contribution in [3.63, 3.8) is 0 Å². The second-order valence-electron chi connectivity index (χ2n) is 5.85. The molecule has 0 bridgehead atoms. The molecule has 8 nitrogen and oxygen atoms in total. The second kappa shape index (κ2) is 9.33. The van der Waals surface area contributed by atoms with E-state index in [0.29, 0.717) is 11.0 Å². The van der Waals surface area contributed by atoms with Crippen molar-refractivity contribution in [1.29, 1.82) is 0 Å². The molecule has 26 heavy (non-hydrogen) atoms. The molecule has 0 fully saturated rings. The van der Waals surface area contributed by atoms with Gasteiger partial charge < -0.3 is 14.6 Å². The zero-order chi connectivity index (χ0) is 19.1. The third-order valence-electron chi connectivity index (χ3n) is 4.07. The van der Waals surface area contributed by atoms with Gasteiger partial charge in [0.25, 0.3) is 0 Å². The van der Waals surface area contributed by atoms with Gasteiger partial charge in [0.2, 0.25) is 5.91 Å². The molecule has 0 aliphatic heterocycles. The van der Waals surface area contributed by atoms with Crippen LogP contribution in [-0.4, -0.2) is 50.5 Å². The van der Waals surface area contributed by atoms with Gasteiger partial charge in [0.05, 0.1) is 12.9 Å². The lowest BCUT2D eigenvalue weighted by Crippen LogP contribution is -2.46. The average molecular weight is 377 g/mol. The Hall–Kier alpha value is -2.42. The Labute approximate surface area is 156 Å². The van der Waals surface area contributed by atoms with E-state index in [1.54, 1.807) is 17.0 Å². The Kier molecular flexibility index (Phi) is 7.14. The van der Waals surface area contributed by atoms with E-state index in [1.807, 2.05) is 33.0 Å². The van der Waals surface area contributed by atoms with Crippen LogP contribution in [0, 0.1) is 5.92 Å². The van der Waals surface area contributed by atoms with Crippen molar-refractivity contribution in [2.75, 3.05) is 12.9 Å². The molecule has 2 aromatic heterocycles. The molecule has 2 rings (SSSR count). The Morgan fingerprint density at radius 3 is 2.77 bits per heavy atom. The molecule has 2 atom stereocenters. The van der Waals surface area contributed by atoms with E-state index >= 15 is 0 Å². The number of pyridine rings is 1. The molecule has 140 valence electrons. The van der Waals surface area contributed by atoms with Gasteiger partial charge in [0.1, 0.15) is 6.04 Å². The molecule has 0 saturated carbocycles. The van der Waals surface area contributed by atoms with Crippen LogP contribution in [0.1, 0.15) is 20.3 Å². The predicted octanol–water partition coefficient (Wildman–Crippen LogP) is 1.67. The summed E-state index contributed by atoms with van der Waals surface area (Å²) in [5, 5.41) is 11.6. The van der Waals surface area contributed by atoms with Gasteiger partial charge in [-0.05, 0) is 18.1 Å². The molecule has 2 heterocycles. The highest BCUT2D eigenvalue weighted by Crippen LogP contribution is 2.21. The lowest BCUT2D eigenvalue weighted by atomic mass is 9.99. The number of carbonyl (C=O) groups excluding carboxylic acids is 2. The molecule has 0 spiro atoms. The number of amides is 1. The molecule has 2 aromatic rings. The van der Waals surface area contributed by atoms with Crippen LogP contribution < -0.4 is 5.32 Å². The maximum absolute atomic E-state index is 12.2. The van der Waals surface area contributed by atoms with Crippen molar-refractivity contribution >= 4 is 23.6 Å². The van der Waals surface area contributed by atoms with Gasteiger partial charge >= 0.3 is 5.97 Å². The fraction of sp³-hybridized carbons (Fsp3) is 0.471. The van der Waals surface area contributed by atoms with E-state index in [1.165, 1.54) is 18.9 Å². The third kappa shape index (κ3) is 4.81. The number of nitrogens with zero attached hydrogens (tertiary/aromatic N) is 4. The van der Waals surface area contributed by atoms with E-state index in [4.69, 9.17) is 4.74 Å². The minimum atomic E-state index is -0.649. The summed E-state index contributed by atoms with van der Waals surface area (Å²) in [6.07, 6.45) is 4.15. The van der Waals surface area contributed by atoms with Crippen LogP contribution in [0.3, 0.4) is 0 Å². The summed E-state index contributed by atoms with van der Waals surface area (Å²) < 4.78 is 6.58. The largest absolute Gasteiger partial charge is 0.467 e. The highest BCUT2D eigenvalue weighted by molar-refractivity contribution is 7.99. The number of rotatable bonds is 8. The molecule has 0 aliphatic carbocycles. The summed E-state index contributed by atoms with van der Waals surface area (Å²) in [6.45, 7) is 3.86. The molecule has 1 N–H and O–H groups in total. The quantitative estimate of drug-likeness (QED) is 0.552. The Bertz CT molecular complexity index is 750. The smallest absolute Gasteiger partial charge is 0.328 e. The maximum Gasteiger partial charge on any atom is 0.328 e. The van der Waals surface area contributed by atoms with Gasteiger partial charge in [0, 0.05) is 25.0 Å². The van der Waals surface area contributed by atoms with E-state index in [2.05, 4.69) is 20.5 Å². The lowest BCUT2D eigenvalue weighted by molar-refractivity contribution is -0.146. The van der Waals surface area contributed by atoms with Gasteiger partial charge in [-0.25, -0.2) is 4.79 Å². The summed E-state index contributed by atoms with van der Waals surface area (Å²) in [7, 11) is 3.15. The van der Waals surface area contributed by atoms with Crippen molar-refractivity contribution in [1.82, 2.24) is 25.1 Å². The molecule has 0 radical (unpaired) electrons. The van der Waals surface area contributed by atoms with Crippen LogP contribution in [0.2, 0.25) is 0 Å². The summed E-state index contributed by atoms with van der Waals surface area (Å²) in [4.78, 5) is 28.2. The van der Waals surface area contributed by atoms with Gasteiger partial charge in [-0.1, -0.05) is 32.0 Å². The van der Waals surface area contributed by atoms with Crippen molar-refractivity contribution in [3.05, 3.63) is 24.5 Å². The Morgan fingerprint density at radius 1 is 1.38 bits per heavy atom. The number of hydrogen-bond donors (Lipinski definition) is 1. The number of methoxy groups -OCH3 is 1. The maximum atomic E-state index is 12.2. The first-order chi connectivity index (χ1) is 12.5. The first-order valence-electron chi connectivity index (χ1n) is 8.27. The molecule has 0 aliphatic rings. The Morgan fingerprint density at radius 2 is 2.15 bits per heavy atom. The summed E-state index contributed by atoms with van der Waals surface area (Å²) >= 11 is 1.26. The fourth-order valence-electron chi connectivity index (χ4n) is 2.33. The van der Waals surface area contributed by atoms with Gasteiger partial charge in [0.15, 0.2) is 11.0 Å². The number of thioether (sulfide) groups is 1. The van der Waals surface area contributed by atoms with Gasteiger partial charge in [-0.15, -0.1) is 10.2 Å². The average Bonchev–Trinajstić information content (AvgIpc) is 3.04. The second-order valence-corrected chi connectivity index (χ2v) is 6.79. The highest BCUT2D eigenvalue weighted by atomic mass is 32.2. The van der Waals surface area contributed by atoms with Crippen LogP contribution in [0.4, 0.5) is 0 Å². The number of ether oxygens (including phenoxy) is 1. The first kappa shape index (κ1) is 19.9. The summed E-state index contributed by atoms with van der Waals surface area (Å²) in [5.74, 6) is 0.103. The molecule has 1 amide bonds. The number of hydrogen-bond acceptors (Lipinski definition) is 7. The normalized spacial score (nSPS) is 13.1. The third-order valence-corrected chi connectivity index (χ3v) is 5.09. The van der Waals surface area contributed by atoms with E-state index in [9.17, 15) is 9.59 Å². The molecule has 9 heteroatoms. The van der Waals surface area contributed by atoms with E-state index in [-0.39, 0.29) is 17.6 Å². The standard InChI is InChI=1S/C17H23N5O3S/c1-5-11(2)14(16(24)25-4)19-13(23)10-26-17-21-20-15(22(17)3)12-7-6-8-18-9-12/h6-9,11,14H,5,10H2,1-4H3,(H,19,23). The zero-order valence-electron chi connectivity index (χ0n) is 15.3. The Balaban J connectivity index is 1.99. The molecular formula is C17H23N5O3S. The van der Waals surface area contributed by atoms with E-state index in [0.717, 1.165) is 12.0 Å². The van der Waals surface area contributed by atoms with Gasteiger partial charge in [-0.3, -0.25) is 9.78 Å². The number of aromatic nitrogens is 4. The fourth-order valence-corrected chi connectivity index (χ4v) is 3.05. The summed E-state index contributed by atoms with van der Waals surface area (Å²) in [6, 6.07) is 3.07.